The number of aromatic nitrogens is 5. The number of hydrogen-bond acceptors (Lipinski definition) is 7. The lowest BCUT2D eigenvalue weighted by molar-refractivity contribution is 0.0476. The van der Waals surface area contributed by atoms with Crippen molar-refractivity contribution in [2.75, 3.05) is 11.5 Å². The normalized spacial score (nSPS) is 16.9. The van der Waals surface area contributed by atoms with Crippen LogP contribution in [0.4, 0.5) is 5.82 Å². The van der Waals surface area contributed by atoms with E-state index in [1.165, 1.54) is 6.33 Å². The largest absolute Gasteiger partial charge is 0.352 e. The Hall–Kier alpha value is -2.95. The highest BCUT2D eigenvalue weighted by Crippen LogP contribution is 2.35. The molecule has 1 aliphatic heterocycles. The average molecular weight is 384 g/mol. The highest BCUT2D eigenvalue weighted by Gasteiger charge is 2.26. The molecule has 0 fully saturated rings. The van der Waals surface area contributed by atoms with E-state index in [-0.39, 0.29) is 0 Å². The summed E-state index contributed by atoms with van der Waals surface area (Å²) < 4.78 is 28.5. The Morgan fingerprint density at radius 3 is 2.93 bits per heavy atom. The van der Waals surface area contributed by atoms with Gasteiger partial charge in [-0.25, -0.2) is 14.2 Å². The minimum absolute atomic E-state index is 0.343. The topological polar surface area (TPSA) is 106 Å². The zero-order chi connectivity index (χ0) is 18.6. The van der Waals surface area contributed by atoms with Crippen LogP contribution in [0.5, 0.6) is 0 Å². The molecule has 3 heterocycles. The quantitative estimate of drug-likeness (QED) is 0.642. The van der Waals surface area contributed by atoms with Crippen molar-refractivity contribution in [1.82, 2.24) is 25.0 Å². The molecular weight excluding hydrogens is 368 g/mol. The predicted octanol–water partition coefficient (Wildman–Crippen LogP) is 1.85. The van der Waals surface area contributed by atoms with E-state index in [9.17, 15) is 8.76 Å². The van der Waals surface area contributed by atoms with E-state index < -0.39 is 17.3 Å². The molecule has 9 nitrogen and oxygen atoms in total. The van der Waals surface area contributed by atoms with Gasteiger partial charge in [0.15, 0.2) is 17.3 Å². The second-order valence-electron chi connectivity index (χ2n) is 5.72. The molecule has 2 aromatic heterocycles. The Morgan fingerprint density at radius 2 is 2.19 bits per heavy atom. The Morgan fingerprint density at radius 1 is 1.26 bits per heavy atom. The first-order valence-corrected chi connectivity index (χ1v) is 9.26. The second-order valence-corrected chi connectivity index (χ2v) is 6.69. The predicted molar refractivity (Wildman–Crippen MR) is 97.7 cm³/mol. The summed E-state index contributed by atoms with van der Waals surface area (Å²) in [5.74, 6) is 0.687. The molecule has 1 aromatic carbocycles. The van der Waals surface area contributed by atoms with Crippen molar-refractivity contribution >= 4 is 23.0 Å². The molecule has 4 rings (SSSR count). The van der Waals surface area contributed by atoms with Crippen LogP contribution < -0.4 is 4.90 Å². The standard InChI is InChI=1S/C17H16N6O3S/c24-27(25)14-1-2-15-13(11-14)4-7-23(16-3-5-18-12-19-16)17(15)26-10-9-22-8-6-20-21-22/h1-8,11-12,17H,9-10H2,(H,24,25). The third-order valence-corrected chi connectivity index (χ3v) is 4.75. The van der Waals surface area contributed by atoms with Gasteiger partial charge in [-0.1, -0.05) is 11.3 Å². The van der Waals surface area contributed by atoms with E-state index >= 15 is 0 Å². The second kappa shape index (κ2) is 7.74. The molecule has 1 N–H and O–H groups in total. The highest BCUT2D eigenvalue weighted by molar-refractivity contribution is 7.79. The first-order chi connectivity index (χ1) is 13.2. The van der Waals surface area contributed by atoms with Gasteiger partial charge in [-0.05, 0) is 29.8 Å². The van der Waals surface area contributed by atoms with Gasteiger partial charge in [-0.2, -0.15) is 0 Å². The number of fused-ring (bicyclic) bond motifs is 1. The molecule has 3 aromatic rings. The molecule has 27 heavy (non-hydrogen) atoms. The summed E-state index contributed by atoms with van der Waals surface area (Å²) in [5.41, 5.74) is 1.70. The van der Waals surface area contributed by atoms with Crippen molar-refractivity contribution in [3.63, 3.8) is 0 Å². The lowest BCUT2D eigenvalue weighted by atomic mass is 10.0. The molecule has 2 atom stereocenters. The zero-order valence-corrected chi connectivity index (χ0v) is 14.9. The molecule has 0 amide bonds. The first-order valence-electron chi connectivity index (χ1n) is 8.15. The van der Waals surface area contributed by atoms with Gasteiger partial charge in [0.05, 0.1) is 24.2 Å². The van der Waals surface area contributed by atoms with E-state index in [4.69, 9.17) is 4.74 Å². The lowest BCUT2D eigenvalue weighted by Crippen LogP contribution is -2.30. The van der Waals surface area contributed by atoms with Crippen molar-refractivity contribution < 1.29 is 13.5 Å². The van der Waals surface area contributed by atoms with Gasteiger partial charge in [0.2, 0.25) is 0 Å². The van der Waals surface area contributed by atoms with Gasteiger partial charge in [0, 0.05) is 24.2 Å². The maximum atomic E-state index is 11.4. The summed E-state index contributed by atoms with van der Waals surface area (Å²) in [5, 5.41) is 7.71. The van der Waals surface area contributed by atoms with Crippen LogP contribution in [0.25, 0.3) is 6.08 Å². The first kappa shape index (κ1) is 17.5. The van der Waals surface area contributed by atoms with Crippen molar-refractivity contribution in [3.8, 4) is 0 Å². The van der Waals surface area contributed by atoms with Gasteiger partial charge < -0.3 is 14.2 Å². The number of ether oxygens (including phenoxy) is 1. The molecule has 0 aliphatic carbocycles. The van der Waals surface area contributed by atoms with Gasteiger partial charge in [-0.3, -0.25) is 4.68 Å². The number of hydrogen-bond donors (Lipinski definition) is 1. The molecule has 0 saturated carbocycles. The monoisotopic (exact) mass is 384 g/mol. The van der Waals surface area contributed by atoms with E-state index in [0.29, 0.717) is 23.9 Å². The molecule has 138 valence electrons. The lowest BCUT2D eigenvalue weighted by Gasteiger charge is -2.33. The molecule has 0 radical (unpaired) electrons. The van der Waals surface area contributed by atoms with E-state index in [1.54, 1.807) is 47.5 Å². The van der Waals surface area contributed by atoms with Crippen LogP contribution in [-0.4, -0.2) is 40.3 Å². The summed E-state index contributed by atoms with van der Waals surface area (Å²) in [6.45, 7) is 0.947. The van der Waals surface area contributed by atoms with E-state index in [2.05, 4.69) is 20.3 Å². The van der Waals surface area contributed by atoms with Crippen molar-refractivity contribution in [2.45, 2.75) is 17.7 Å². The number of rotatable bonds is 6. The van der Waals surface area contributed by atoms with Crippen LogP contribution in [0.15, 0.2) is 60.3 Å². The van der Waals surface area contributed by atoms with Crippen molar-refractivity contribution in [3.05, 3.63) is 66.5 Å². The summed E-state index contributed by atoms with van der Waals surface area (Å²) in [4.78, 5) is 10.5. The Kier molecular flexibility index (Phi) is 5.01. The maximum Gasteiger partial charge on any atom is 0.186 e. The zero-order valence-electron chi connectivity index (χ0n) is 14.1. The maximum absolute atomic E-state index is 11.4. The van der Waals surface area contributed by atoms with Crippen LogP contribution in [0.1, 0.15) is 17.4 Å². The van der Waals surface area contributed by atoms with Gasteiger partial charge >= 0.3 is 0 Å². The summed E-state index contributed by atoms with van der Waals surface area (Å²) in [7, 11) is 0. The van der Waals surface area contributed by atoms with Crippen LogP contribution in [0, 0.1) is 0 Å². The van der Waals surface area contributed by atoms with Crippen LogP contribution >= 0.6 is 0 Å². The molecular formula is C17H16N6O3S. The van der Waals surface area contributed by atoms with E-state index in [0.717, 1.165) is 11.1 Å². The fourth-order valence-electron chi connectivity index (χ4n) is 2.83. The fraction of sp³-hybridized carbons (Fsp3) is 0.176. The molecule has 10 heteroatoms. The average Bonchev–Trinajstić information content (AvgIpc) is 3.21. The highest BCUT2D eigenvalue weighted by atomic mass is 32.2. The molecule has 2 unspecified atom stereocenters. The third-order valence-electron chi connectivity index (χ3n) is 4.09. The van der Waals surface area contributed by atoms with Gasteiger partial charge in [0.25, 0.3) is 0 Å². The summed E-state index contributed by atoms with van der Waals surface area (Å²) in [6, 6.07) is 6.91. The molecule has 1 aliphatic rings. The minimum atomic E-state index is -2.04. The Bertz CT molecular complexity index is 964. The number of benzene rings is 1. The molecule has 0 bridgehead atoms. The Labute approximate surface area is 157 Å². The molecule has 0 saturated heterocycles. The van der Waals surface area contributed by atoms with Crippen LogP contribution in [0.3, 0.4) is 0 Å². The van der Waals surface area contributed by atoms with Crippen molar-refractivity contribution in [1.29, 1.82) is 0 Å². The number of anilines is 1. The third kappa shape index (κ3) is 3.77. The SMILES string of the molecule is O=S(O)c1ccc2c(c1)C=CN(c1ccncn1)C2OCCn1ccnn1. The van der Waals surface area contributed by atoms with Gasteiger partial charge in [0.1, 0.15) is 12.1 Å². The van der Waals surface area contributed by atoms with Crippen LogP contribution in [0.2, 0.25) is 0 Å². The smallest absolute Gasteiger partial charge is 0.186 e. The minimum Gasteiger partial charge on any atom is -0.352 e. The van der Waals surface area contributed by atoms with E-state index in [1.807, 2.05) is 17.2 Å². The fourth-order valence-corrected chi connectivity index (χ4v) is 3.24. The molecule has 0 spiro atoms. The van der Waals surface area contributed by atoms with Crippen molar-refractivity contribution in [2.24, 2.45) is 0 Å². The van der Waals surface area contributed by atoms with Crippen LogP contribution in [-0.2, 0) is 22.4 Å². The number of nitrogens with zero attached hydrogens (tertiary/aromatic N) is 6. The Balaban J connectivity index is 1.63. The summed E-state index contributed by atoms with van der Waals surface area (Å²) in [6.07, 6.45) is 9.79. The van der Waals surface area contributed by atoms with Gasteiger partial charge in [-0.15, -0.1) is 5.10 Å². The summed E-state index contributed by atoms with van der Waals surface area (Å²) >= 11 is -2.04.